The first-order valence-corrected chi connectivity index (χ1v) is 9.21. The summed E-state index contributed by atoms with van der Waals surface area (Å²) in [5, 5.41) is 0. The molecule has 110 valence electrons. The van der Waals surface area contributed by atoms with Crippen molar-refractivity contribution < 1.29 is 13.2 Å². The van der Waals surface area contributed by atoms with E-state index in [9.17, 15) is 13.2 Å². The van der Waals surface area contributed by atoms with Gasteiger partial charge in [0.15, 0.2) is 0 Å². The second kappa shape index (κ2) is 6.22. The number of carbonyl (C=O) groups excluding carboxylic acids is 1. The van der Waals surface area contributed by atoms with E-state index in [0.717, 1.165) is 25.9 Å². The van der Waals surface area contributed by atoms with Gasteiger partial charge in [-0.25, -0.2) is 8.42 Å². The van der Waals surface area contributed by atoms with Gasteiger partial charge in [0, 0.05) is 31.8 Å². The second-order valence-corrected chi connectivity index (χ2v) is 7.99. The number of carbonyl (C=O) groups is 1. The number of sulfone groups is 1. The van der Waals surface area contributed by atoms with Crippen molar-refractivity contribution in [3.63, 3.8) is 0 Å². The number of piperidine rings is 1. The van der Waals surface area contributed by atoms with Gasteiger partial charge in [-0.05, 0) is 38.8 Å². The predicted molar refractivity (Wildman–Crippen MR) is 74.7 cm³/mol. The summed E-state index contributed by atoms with van der Waals surface area (Å²) >= 11 is 0. The molecule has 0 unspecified atom stereocenters. The van der Waals surface area contributed by atoms with Crippen molar-refractivity contribution >= 4 is 15.7 Å². The Morgan fingerprint density at radius 3 is 2.21 bits per heavy atom. The standard InChI is InChI=1S/C13H24N2O3S/c1-19(17,18)11-6-13(16)15-9-4-12(5-10-15)14-7-2-3-8-14/h12H,2-11H2,1H3. The Hall–Kier alpha value is -0.620. The molecule has 0 N–H and O–H groups in total. The maximum atomic E-state index is 11.9. The summed E-state index contributed by atoms with van der Waals surface area (Å²) < 4.78 is 22.1. The zero-order chi connectivity index (χ0) is 13.9. The Bertz CT molecular complexity index is 408. The highest BCUT2D eigenvalue weighted by Gasteiger charge is 2.28. The first-order valence-electron chi connectivity index (χ1n) is 7.15. The molecule has 0 spiro atoms. The van der Waals surface area contributed by atoms with Crippen LogP contribution < -0.4 is 0 Å². The molecule has 2 aliphatic heterocycles. The van der Waals surface area contributed by atoms with Gasteiger partial charge in [0.2, 0.25) is 5.91 Å². The van der Waals surface area contributed by atoms with Crippen LogP contribution in [0.15, 0.2) is 0 Å². The van der Waals surface area contributed by atoms with Crippen LogP contribution in [0.25, 0.3) is 0 Å². The van der Waals surface area contributed by atoms with Crippen LogP contribution in [0.3, 0.4) is 0 Å². The summed E-state index contributed by atoms with van der Waals surface area (Å²) in [6.07, 6.45) is 5.98. The molecule has 19 heavy (non-hydrogen) atoms. The number of nitrogens with zero attached hydrogens (tertiary/aromatic N) is 2. The number of likely N-dealkylation sites (tertiary alicyclic amines) is 2. The van der Waals surface area contributed by atoms with E-state index in [2.05, 4.69) is 4.90 Å². The lowest BCUT2D eigenvalue weighted by molar-refractivity contribution is -0.132. The van der Waals surface area contributed by atoms with Gasteiger partial charge in [-0.1, -0.05) is 0 Å². The van der Waals surface area contributed by atoms with Gasteiger partial charge in [0.25, 0.3) is 0 Å². The molecular weight excluding hydrogens is 264 g/mol. The second-order valence-electron chi connectivity index (χ2n) is 5.73. The molecule has 0 radical (unpaired) electrons. The van der Waals surface area contributed by atoms with Crippen molar-refractivity contribution in [3.8, 4) is 0 Å². The molecule has 0 aliphatic carbocycles. The van der Waals surface area contributed by atoms with Gasteiger partial charge in [0.05, 0.1) is 5.75 Å². The molecule has 1 amide bonds. The highest BCUT2D eigenvalue weighted by molar-refractivity contribution is 7.90. The van der Waals surface area contributed by atoms with E-state index in [0.29, 0.717) is 6.04 Å². The van der Waals surface area contributed by atoms with Crippen LogP contribution in [-0.4, -0.2) is 68.4 Å². The highest BCUT2D eigenvalue weighted by Crippen LogP contribution is 2.21. The third-order valence-corrected chi connectivity index (χ3v) is 5.11. The molecule has 2 fully saturated rings. The van der Waals surface area contributed by atoms with E-state index in [1.54, 1.807) is 0 Å². The van der Waals surface area contributed by atoms with E-state index in [-0.39, 0.29) is 18.1 Å². The fourth-order valence-electron chi connectivity index (χ4n) is 3.02. The summed E-state index contributed by atoms with van der Waals surface area (Å²) in [5.41, 5.74) is 0. The first kappa shape index (κ1) is 14.8. The summed E-state index contributed by atoms with van der Waals surface area (Å²) in [6, 6.07) is 0.626. The number of hydrogen-bond donors (Lipinski definition) is 0. The zero-order valence-corrected chi connectivity index (χ0v) is 12.5. The third-order valence-electron chi connectivity index (χ3n) is 4.16. The molecule has 2 saturated heterocycles. The topological polar surface area (TPSA) is 57.7 Å². The predicted octanol–water partition coefficient (Wildman–Crippen LogP) is 0.508. The van der Waals surface area contributed by atoms with Gasteiger partial charge in [-0.2, -0.15) is 0 Å². The Balaban J connectivity index is 1.74. The van der Waals surface area contributed by atoms with E-state index in [4.69, 9.17) is 0 Å². The average molecular weight is 288 g/mol. The van der Waals surface area contributed by atoms with Crippen molar-refractivity contribution in [2.75, 3.05) is 38.2 Å². The van der Waals surface area contributed by atoms with Crippen LogP contribution in [0, 0.1) is 0 Å². The maximum absolute atomic E-state index is 11.9. The lowest BCUT2D eigenvalue weighted by Crippen LogP contribution is -2.46. The van der Waals surface area contributed by atoms with Crippen molar-refractivity contribution in [2.45, 2.75) is 38.1 Å². The van der Waals surface area contributed by atoms with Crippen LogP contribution in [0.4, 0.5) is 0 Å². The Morgan fingerprint density at radius 1 is 1.11 bits per heavy atom. The minimum atomic E-state index is -3.04. The highest BCUT2D eigenvalue weighted by atomic mass is 32.2. The minimum Gasteiger partial charge on any atom is -0.343 e. The van der Waals surface area contributed by atoms with Crippen LogP contribution in [0.1, 0.15) is 32.1 Å². The van der Waals surface area contributed by atoms with E-state index < -0.39 is 9.84 Å². The summed E-state index contributed by atoms with van der Waals surface area (Å²) in [4.78, 5) is 16.3. The largest absolute Gasteiger partial charge is 0.343 e. The molecule has 2 heterocycles. The van der Waals surface area contributed by atoms with Crippen LogP contribution >= 0.6 is 0 Å². The molecule has 0 aromatic rings. The van der Waals surface area contributed by atoms with Crippen LogP contribution in [-0.2, 0) is 14.6 Å². The maximum Gasteiger partial charge on any atom is 0.223 e. The quantitative estimate of drug-likeness (QED) is 0.756. The van der Waals surface area contributed by atoms with Gasteiger partial charge >= 0.3 is 0 Å². The molecule has 0 aromatic carbocycles. The first-order chi connectivity index (χ1) is 8.96. The Labute approximate surface area is 115 Å². The van der Waals surface area contributed by atoms with Crippen molar-refractivity contribution in [1.82, 2.24) is 9.80 Å². The van der Waals surface area contributed by atoms with E-state index >= 15 is 0 Å². The van der Waals surface area contributed by atoms with Crippen molar-refractivity contribution in [2.24, 2.45) is 0 Å². The summed E-state index contributed by atoms with van der Waals surface area (Å²) in [6.45, 7) is 3.97. The molecule has 0 bridgehead atoms. The van der Waals surface area contributed by atoms with E-state index in [1.165, 1.54) is 32.2 Å². The lowest BCUT2D eigenvalue weighted by Gasteiger charge is -2.36. The number of hydrogen-bond acceptors (Lipinski definition) is 4. The van der Waals surface area contributed by atoms with Gasteiger partial charge in [0.1, 0.15) is 9.84 Å². The molecule has 5 nitrogen and oxygen atoms in total. The fraction of sp³-hybridized carbons (Fsp3) is 0.923. The smallest absolute Gasteiger partial charge is 0.223 e. The molecule has 2 rings (SSSR count). The minimum absolute atomic E-state index is 0.00898. The monoisotopic (exact) mass is 288 g/mol. The number of rotatable bonds is 4. The van der Waals surface area contributed by atoms with Crippen molar-refractivity contribution in [3.05, 3.63) is 0 Å². The number of amides is 1. The van der Waals surface area contributed by atoms with Crippen LogP contribution in [0.2, 0.25) is 0 Å². The Kier molecular flexibility index (Phi) is 4.84. The molecule has 6 heteroatoms. The van der Waals surface area contributed by atoms with Gasteiger partial charge < -0.3 is 9.80 Å². The molecule has 2 aliphatic rings. The molecule has 0 aromatic heterocycles. The van der Waals surface area contributed by atoms with Gasteiger partial charge in [-0.15, -0.1) is 0 Å². The zero-order valence-electron chi connectivity index (χ0n) is 11.7. The normalized spacial score (nSPS) is 22.9. The lowest BCUT2D eigenvalue weighted by atomic mass is 10.0. The molecule has 0 atom stereocenters. The molecular formula is C13H24N2O3S. The fourth-order valence-corrected chi connectivity index (χ4v) is 3.56. The SMILES string of the molecule is CS(=O)(=O)CCC(=O)N1CCC(N2CCCC2)CC1. The third kappa shape index (κ3) is 4.45. The summed E-state index contributed by atoms with van der Waals surface area (Å²) in [5.74, 6) is -0.0389. The molecule has 0 saturated carbocycles. The Morgan fingerprint density at radius 2 is 1.68 bits per heavy atom. The average Bonchev–Trinajstić information content (AvgIpc) is 2.89. The van der Waals surface area contributed by atoms with Crippen LogP contribution in [0.5, 0.6) is 0 Å². The van der Waals surface area contributed by atoms with Gasteiger partial charge in [-0.3, -0.25) is 4.79 Å². The summed E-state index contributed by atoms with van der Waals surface area (Å²) in [7, 11) is -3.04. The van der Waals surface area contributed by atoms with Crippen molar-refractivity contribution in [1.29, 1.82) is 0 Å². The van der Waals surface area contributed by atoms with E-state index in [1.807, 2.05) is 4.90 Å².